The van der Waals surface area contributed by atoms with Gasteiger partial charge in [-0.05, 0) is 54.2 Å². The molecule has 2 aromatic carbocycles. The summed E-state index contributed by atoms with van der Waals surface area (Å²) in [4.78, 5) is 37.9. The van der Waals surface area contributed by atoms with E-state index in [4.69, 9.17) is 16.3 Å². The van der Waals surface area contributed by atoms with Crippen LogP contribution in [0.4, 0.5) is 0 Å². The molecule has 5 nitrogen and oxygen atoms in total. The first-order chi connectivity index (χ1) is 13.9. The highest BCUT2D eigenvalue weighted by Gasteiger charge is 2.17. The van der Waals surface area contributed by atoms with Crippen molar-refractivity contribution in [2.24, 2.45) is 0 Å². The zero-order chi connectivity index (χ0) is 20.8. The van der Waals surface area contributed by atoms with Gasteiger partial charge in [-0.15, -0.1) is 0 Å². The van der Waals surface area contributed by atoms with Crippen LogP contribution in [-0.4, -0.2) is 36.2 Å². The summed E-state index contributed by atoms with van der Waals surface area (Å²) in [6, 6.07) is 13.0. The third-order valence-electron chi connectivity index (χ3n) is 5.07. The van der Waals surface area contributed by atoms with Gasteiger partial charge in [0.2, 0.25) is 0 Å². The molecule has 2 aromatic rings. The fourth-order valence-electron chi connectivity index (χ4n) is 3.43. The number of Topliss-reactive ketones (excluding diaryl/α,β-unsaturated/α-hetero) is 1. The Morgan fingerprint density at radius 3 is 2.62 bits per heavy atom. The fourth-order valence-corrected chi connectivity index (χ4v) is 3.64. The van der Waals surface area contributed by atoms with Crippen molar-refractivity contribution in [2.75, 3.05) is 13.7 Å². The van der Waals surface area contributed by atoms with Crippen LogP contribution >= 0.6 is 11.6 Å². The summed E-state index contributed by atoms with van der Waals surface area (Å²) in [7, 11) is 1.63. The summed E-state index contributed by atoms with van der Waals surface area (Å²) < 4.78 is 5.04. The zero-order valence-electron chi connectivity index (χ0n) is 16.4. The lowest BCUT2D eigenvalue weighted by atomic mass is 10.0. The number of ketones is 1. The number of fused-ring (bicyclic) bond motifs is 1. The Morgan fingerprint density at radius 1 is 1.03 bits per heavy atom. The average molecular weight is 414 g/mol. The van der Waals surface area contributed by atoms with Crippen LogP contribution in [0.5, 0.6) is 0 Å². The van der Waals surface area contributed by atoms with Crippen LogP contribution < -0.4 is 0 Å². The van der Waals surface area contributed by atoms with E-state index in [-0.39, 0.29) is 31.1 Å². The molecule has 0 atom stereocenters. The normalized spacial score (nSPS) is 12.3. The minimum absolute atomic E-state index is 0.0405. The van der Waals surface area contributed by atoms with Gasteiger partial charge in [0.25, 0.3) is 5.91 Å². The second kappa shape index (κ2) is 9.70. The van der Waals surface area contributed by atoms with Crippen molar-refractivity contribution in [3.63, 3.8) is 0 Å². The maximum Gasteiger partial charge on any atom is 0.306 e. The van der Waals surface area contributed by atoms with E-state index in [0.29, 0.717) is 17.1 Å². The van der Waals surface area contributed by atoms with Gasteiger partial charge in [-0.25, -0.2) is 0 Å². The molecule has 1 aliphatic rings. The molecule has 0 saturated heterocycles. The maximum absolute atomic E-state index is 12.3. The summed E-state index contributed by atoms with van der Waals surface area (Å²) in [6.45, 7) is 0.0245. The van der Waals surface area contributed by atoms with Crippen molar-refractivity contribution in [3.8, 4) is 0 Å². The van der Waals surface area contributed by atoms with E-state index in [1.54, 1.807) is 19.2 Å². The molecule has 0 fully saturated rings. The largest absolute Gasteiger partial charge is 0.456 e. The number of benzene rings is 2. The highest BCUT2D eigenvalue weighted by Crippen LogP contribution is 2.23. The number of ether oxygens (including phenoxy) is 1. The predicted octanol–water partition coefficient (Wildman–Crippen LogP) is 3.99. The van der Waals surface area contributed by atoms with Crippen molar-refractivity contribution >= 4 is 29.3 Å². The van der Waals surface area contributed by atoms with Crippen LogP contribution in [0.1, 0.15) is 46.3 Å². The molecule has 3 rings (SSSR count). The van der Waals surface area contributed by atoms with Crippen LogP contribution in [0.2, 0.25) is 5.02 Å². The zero-order valence-corrected chi connectivity index (χ0v) is 17.2. The molecule has 152 valence electrons. The van der Waals surface area contributed by atoms with Crippen LogP contribution in [0.15, 0.2) is 42.5 Å². The Labute approximate surface area is 175 Å². The van der Waals surface area contributed by atoms with Gasteiger partial charge in [-0.1, -0.05) is 35.9 Å². The first-order valence-corrected chi connectivity index (χ1v) is 10.1. The number of hydrogen-bond donors (Lipinski definition) is 0. The van der Waals surface area contributed by atoms with Crippen LogP contribution in [-0.2, 0) is 33.7 Å². The van der Waals surface area contributed by atoms with Gasteiger partial charge in [-0.3, -0.25) is 14.4 Å². The average Bonchev–Trinajstić information content (AvgIpc) is 3.18. The number of aryl methyl sites for hydroxylation is 2. The lowest BCUT2D eigenvalue weighted by Gasteiger charge is -2.17. The van der Waals surface area contributed by atoms with Gasteiger partial charge in [0, 0.05) is 30.6 Å². The molecule has 0 N–H and O–H groups in total. The summed E-state index contributed by atoms with van der Waals surface area (Å²) in [5, 5.41) is 0.600. The van der Waals surface area contributed by atoms with Crippen LogP contribution in [0.3, 0.4) is 0 Å². The lowest BCUT2D eigenvalue weighted by Crippen LogP contribution is -2.30. The Morgan fingerprint density at radius 2 is 1.83 bits per heavy atom. The highest BCUT2D eigenvalue weighted by atomic mass is 35.5. The third-order valence-corrected chi connectivity index (χ3v) is 5.30. The number of hydrogen-bond acceptors (Lipinski definition) is 4. The Bertz CT molecular complexity index is 925. The van der Waals surface area contributed by atoms with Crippen molar-refractivity contribution in [1.82, 2.24) is 4.90 Å². The molecule has 0 spiro atoms. The molecule has 0 saturated carbocycles. The van der Waals surface area contributed by atoms with Crippen molar-refractivity contribution in [3.05, 3.63) is 69.7 Å². The minimum atomic E-state index is -0.552. The Balaban J connectivity index is 1.41. The number of carbonyl (C=O) groups is 3. The van der Waals surface area contributed by atoms with E-state index in [2.05, 4.69) is 0 Å². The standard InChI is InChI=1S/C23H24ClNO4/c1-25(14-16-4-2-7-20(24)12-16)22(27)15-29-23(28)11-10-21(26)19-9-8-17-5-3-6-18(17)13-19/h2,4,7-9,12-13H,3,5-6,10-11,14-15H2,1H3. The van der Waals surface area contributed by atoms with E-state index in [0.717, 1.165) is 24.8 Å². The van der Waals surface area contributed by atoms with Crippen LogP contribution in [0, 0.1) is 0 Å². The third kappa shape index (κ3) is 5.91. The molecule has 0 heterocycles. The molecule has 1 aliphatic carbocycles. The molecule has 0 bridgehead atoms. The Kier molecular flexibility index (Phi) is 7.04. The van der Waals surface area contributed by atoms with Crippen molar-refractivity contribution in [1.29, 1.82) is 0 Å². The van der Waals surface area contributed by atoms with Gasteiger partial charge in [0.15, 0.2) is 12.4 Å². The first-order valence-electron chi connectivity index (χ1n) is 9.71. The fraction of sp³-hybridized carbons (Fsp3) is 0.348. The summed E-state index contributed by atoms with van der Waals surface area (Å²) >= 11 is 5.94. The molecule has 0 unspecified atom stereocenters. The minimum Gasteiger partial charge on any atom is -0.456 e. The number of carbonyl (C=O) groups excluding carboxylic acids is 3. The van der Waals surface area contributed by atoms with E-state index >= 15 is 0 Å². The lowest BCUT2D eigenvalue weighted by molar-refractivity contribution is -0.151. The molecular formula is C23H24ClNO4. The highest BCUT2D eigenvalue weighted by molar-refractivity contribution is 6.30. The number of likely N-dealkylation sites (N-methyl/N-ethyl adjacent to an activating group) is 1. The van der Waals surface area contributed by atoms with Crippen molar-refractivity contribution in [2.45, 2.75) is 38.6 Å². The molecule has 29 heavy (non-hydrogen) atoms. The van der Waals surface area contributed by atoms with E-state index in [9.17, 15) is 14.4 Å². The van der Waals surface area contributed by atoms with Crippen LogP contribution in [0.25, 0.3) is 0 Å². The van der Waals surface area contributed by atoms with E-state index < -0.39 is 5.97 Å². The van der Waals surface area contributed by atoms with Crippen molar-refractivity contribution < 1.29 is 19.1 Å². The molecule has 1 amide bonds. The predicted molar refractivity (Wildman–Crippen MR) is 111 cm³/mol. The molecule has 0 aliphatic heterocycles. The van der Waals surface area contributed by atoms with Gasteiger partial charge in [-0.2, -0.15) is 0 Å². The first kappa shape index (κ1) is 21.1. The second-order valence-corrected chi connectivity index (χ2v) is 7.74. The Hall–Kier alpha value is -2.66. The number of nitrogens with zero attached hydrogens (tertiary/aromatic N) is 1. The second-order valence-electron chi connectivity index (χ2n) is 7.30. The van der Waals surface area contributed by atoms with E-state index in [1.807, 2.05) is 30.3 Å². The smallest absolute Gasteiger partial charge is 0.306 e. The number of halogens is 1. The maximum atomic E-state index is 12.3. The van der Waals surface area contributed by atoms with E-state index in [1.165, 1.54) is 16.0 Å². The number of esters is 1. The summed E-state index contributed by atoms with van der Waals surface area (Å²) in [6.07, 6.45) is 3.23. The number of rotatable bonds is 8. The quantitative estimate of drug-likeness (QED) is 0.484. The topological polar surface area (TPSA) is 63.7 Å². The molecule has 0 aromatic heterocycles. The van der Waals surface area contributed by atoms with Gasteiger partial charge in [0.05, 0.1) is 6.42 Å². The van der Waals surface area contributed by atoms with Gasteiger partial charge in [0.1, 0.15) is 0 Å². The summed E-state index contributed by atoms with van der Waals surface area (Å²) in [5.41, 5.74) is 4.06. The molecule has 0 radical (unpaired) electrons. The summed E-state index contributed by atoms with van der Waals surface area (Å²) in [5.74, 6) is -0.951. The monoisotopic (exact) mass is 413 g/mol. The van der Waals surface area contributed by atoms with Gasteiger partial charge < -0.3 is 9.64 Å². The molecular weight excluding hydrogens is 390 g/mol. The molecule has 6 heteroatoms. The number of amides is 1. The SMILES string of the molecule is CN(Cc1cccc(Cl)c1)C(=O)COC(=O)CCC(=O)c1ccc2c(c1)CCC2. The van der Waals surface area contributed by atoms with Gasteiger partial charge >= 0.3 is 5.97 Å².